The highest BCUT2D eigenvalue weighted by Gasteiger charge is 2.39. The molecule has 0 bridgehead atoms. The number of nitrogens with zero attached hydrogens (tertiary/aromatic N) is 4. The number of rotatable bonds is 3. The molecule has 1 aliphatic carbocycles. The molecule has 0 unspecified atom stereocenters. The summed E-state index contributed by atoms with van der Waals surface area (Å²) in [5, 5.41) is 44.4. The first kappa shape index (κ1) is 20.6. The second-order valence-electron chi connectivity index (χ2n) is 6.67. The molecule has 1 heterocycles. The van der Waals surface area contributed by atoms with Crippen LogP contribution in [0.25, 0.3) is 16.7 Å². The zero-order valence-electron chi connectivity index (χ0n) is 15.9. The summed E-state index contributed by atoms with van der Waals surface area (Å²) in [6.45, 7) is 3.78. The maximum Gasteiger partial charge on any atom is 0.284 e. The van der Waals surface area contributed by atoms with Gasteiger partial charge in [0.2, 0.25) is 0 Å². The third-order valence-electron chi connectivity index (χ3n) is 4.94. The largest absolute Gasteiger partial charge is 0.284 e. The summed E-state index contributed by atoms with van der Waals surface area (Å²) in [5.74, 6) is 0. The Hall–Kier alpha value is -3.69. The summed E-state index contributed by atoms with van der Waals surface area (Å²) in [7, 11) is 0. The average Bonchev–Trinajstić information content (AvgIpc) is 3.22. The van der Waals surface area contributed by atoms with E-state index in [-0.39, 0.29) is 33.5 Å². The van der Waals surface area contributed by atoms with E-state index in [4.69, 9.17) is 0 Å². The Morgan fingerprint density at radius 2 is 1.32 bits per heavy atom. The molecule has 154 valence electrons. The Balaban J connectivity index is 2.19. The maximum absolute atomic E-state index is 11.8. The van der Waals surface area contributed by atoms with E-state index < -0.39 is 26.1 Å². The summed E-state index contributed by atoms with van der Waals surface area (Å²) in [6, 6.07) is 6.28. The monoisotopic (exact) mass is 454 g/mol. The van der Waals surface area contributed by atoms with Gasteiger partial charge in [-0.3, -0.25) is 30.3 Å². The maximum atomic E-state index is 11.8. The zero-order valence-corrected chi connectivity index (χ0v) is 17.5. The molecule has 0 radical (unpaired) electrons. The van der Waals surface area contributed by atoms with Crippen LogP contribution in [0.5, 0.6) is 0 Å². The van der Waals surface area contributed by atoms with Crippen molar-refractivity contribution in [1.29, 1.82) is 5.26 Å². The lowest BCUT2D eigenvalue weighted by Crippen LogP contribution is -1.97. The van der Waals surface area contributed by atoms with Crippen molar-refractivity contribution in [3.8, 4) is 17.2 Å². The number of benzene rings is 2. The van der Waals surface area contributed by atoms with Gasteiger partial charge in [-0.25, -0.2) is 0 Å². The number of allylic oxidation sites excluding steroid dienone is 2. The van der Waals surface area contributed by atoms with Gasteiger partial charge in [-0.2, -0.15) is 5.26 Å². The molecule has 2 aromatic rings. The van der Waals surface area contributed by atoms with Crippen LogP contribution in [-0.4, -0.2) is 14.8 Å². The van der Waals surface area contributed by atoms with Crippen LogP contribution >= 0.6 is 23.5 Å². The Morgan fingerprint density at radius 3 is 1.81 bits per heavy atom. The van der Waals surface area contributed by atoms with E-state index in [9.17, 15) is 35.6 Å². The molecule has 2 aromatic carbocycles. The van der Waals surface area contributed by atoms with Crippen molar-refractivity contribution in [3.63, 3.8) is 0 Å². The van der Waals surface area contributed by atoms with Gasteiger partial charge in [0.15, 0.2) is 0 Å². The highest BCUT2D eigenvalue weighted by Crippen LogP contribution is 2.59. The highest BCUT2D eigenvalue weighted by atomic mass is 32.2. The predicted molar refractivity (Wildman–Crippen MR) is 116 cm³/mol. The van der Waals surface area contributed by atoms with Gasteiger partial charge >= 0.3 is 0 Å². The predicted octanol–water partition coefficient (Wildman–Crippen LogP) is 5.71. The minimum atomic E-state index is -0.741. The summed E-state index contributed by atoms with van der Waals surface area (Å²) < 4.78 is 0.689. The van der Waals surface area contributed by atoms with E-state index in [2.05, 4.69) is 0 Å². The first-order valence-corrected chi connectivity index (χ1v) is 10.2. The van der Waals surface area contributed by atoms with Gasteiger partial charge < -0.3 is 0 Å². The average molecular weight is 454 g/mol. The molecular formula is C19H10N4O6S2. The second kappa shape index (κ2) is 7.22. The van der Waals surface area contributed by atoms with Crippen molar-refractivity contribution in [3.05, 3.63) is 85.3 Å². The third kappa shape index (κ3) is 3.15. The number of nitro groups is 3. The summed E-state index contributed by atoms with van der Waals surface area (Å²) >= 11 is 2.77. The van der Waals surface area contributed by atoms with Crippen LogP contribution in [0.1, 0.15) is 30.5 Å². The zero-order chi connectivity index (χ0) is 22.6. The molecule has 1 aliphatic heterocycles. The molecule has 4 rings (SSSR count). The highest BCUT2D eigenvalue weighted by molar-refractivity contribution is 8.28. The van der Waals surface area contributed by atoms with Crippen LogP contribution in [0.2, 0.25) is 0 Å². The molecule has 12 heteroatoms. The smallest absolute Gasteiger partial charge is 0.258 e. The number of hydrogen-bond acceptors (Lipinski definition) is 9. The van der Waals surface area contributed by atoms with E-state index in [1.54, 1.807) is 0 Å². The fourth-order valence-corrected chi connectivity index (χ4v) is 6.17. The molecule has 0 amide bonds. The number of nitro benzene ring substituents is 3. The van der Waals surface area contributed by atoms with Crippen molar-refractivity contribution in [2.75, 3.05) is 0 Å². The van der Waals surface area contributed by atoms with E-state index in [1.807, 2.05) is 19.9 Å². The Morgan fingerprint density at radius 1 is 0.806 bits per heavy atom. The molecule has 0 saturated carbocycles. The van der Waals surface area contributed by atoms with Crippen molar-refractivity contribution >= 4 is 46.2 Å². The van der Waals surface area contributed by atoms with Crippen LogP contribution < -0.4 is 0 Å². The topological polar surface area (TPSA) is 153 Å². The van der Waals surface area contributed by atoms with Gasteiger partial charge in [-0.1, -0.05) is 23.5 Å². The Labute approximate surface area is 182 Å². The number of non-ortho nitro benzene ring substituents is 2. The van der Waals surface area contributed by atoms with Crippen LogP contribution in [0, 0.1) is 41.7 Å². The molecule has 0 fully saturated rings. The SMILES string of the molecule is CC1=C(C)SC(=C2c3cc([N+](=O)[O-])cc(C#N)c3-c3c2cc([N+](=O)[O-])cc3[N+](=O)[O-])S1. The minimum Gasteiger partial charge on any atom is -0.258 e. The van der Waals surface area contributed by atoms with Crippen molar-refractivity contribution in [1.82, 2.24) is 0 Å². The number of hydrogen-bond donors (Lipinski definition) is 0. The third-order valence-corrected chi connectivity index (χ3v) is 7.58. The molecule has 2 aliphatic rings. The van der Waals surface area contributed by atoms with E-state index in [0.29, 0.717) is 9.81 Å². The molecular weight excluding hydrogens is 444 g/mol. The quantitative estimate of drug-likeness (QED) is 0.357. The fourth-order valence-electron chi connectivity index (χ4n) is 3.52. The molecule has 10 nitrogen and oxygen atoms in total. The van der Waals surface area contributed by atoms with Crippen LogP contribution in [-0.2, 0) is 0 Å². The van der Waals surface area contributed by atoms with Crippen LogP contribution in [0.3, 0.4) is 0 Å². The summed E-state index contributed by atoms with van der Waals surface area (Å²) in [4.78, 5) is 34.6. The van der Waals surface area contributed by atoms with Crippen LogP contribution in [0.15, 0.2) is 38.3 Å². The van der Waals surface area contributed by atoms with Gasteiger partial charge in [-0.05, 0) is 23.7 Å². The fraction of sp³-hybridized carbons (Fsp3) is 0.105. The lowest BCUT2D eigenvalue weighted by atomic mass is 9.97. The summed E-state index contributed by atoms with van der Waals surface area (Å²) in [6.07, 6.45) is 0. The molecule has 0 spiro atoms. The second-order valence-corrected chi connectivity index (χ2v) is 9.37. The van der Waals surface area contributed by atoms with Gasteiger partial charge in [0, 0.05) is 40.5 Å². The molecule has 31 heavy (non-hydrogen) atoms. The number of thioether (sulfide) groups is 2. The van der Waals surface area contributed by atoms with Crippen molar-refractivity contribution in [2.24, 2.45) is 0 Å². The molecule has 0 atom stereocenters. The Kier molecular flexibility index (Phi) is 4.79. The van der Waals surface area contributed by atoms with E-state index in [1.165, 1.54) is 35.7 Å². The first-order valence-electron chi connectivity index (χ1n) is 8.62. The normalized spacial score (nSPS) is 14.4. The molecule has 0 N–H and O–H groups in total. The molecule has 0 aromatic heterocycles. The van der Waals surface area contributed by atoms with Gasteiger partial charge in [0.25, 0.3) is 17.1 Å². The molecule has 0 saturated heterocycles. The van der Waals surface area contributed by atoms with Gasteiger partial charge in [0.1, 0.15) is 6.07 Å². The first-order chi connectivity index (χ1) is 14.6. The standard InChI is InChI=1S/C19H10N4O6S2/c1-8-9(2)31-19(30-8)17-13-4-11(21(24)25)3-10(7-20)16(13)18-14(17)5-12(22(26)27)6-15(18)23(28)29/h3-6H,1-2H3. The van der Waals surface area contributed by atoms with Crippen molar-refractivity contribution < 1.29 is 14.8 Å². The Bertz CT molecular complexity index is 1340. The minimum absolute atomic E-state index is 0.0583. The van der Waals surface area contributed by atoms with Crippen molar-refractivity contribution in [2.45, 2.75) is 13.8 Å². The van der Waals surface area contributed by atoms with Crippen LogP contribution in [0.4, 0.5) is 17.1 Å². The number of nitriles is 1. The summed E-state index contributed by atoms with van der Waals surface area (Å²) in [5.41, 5.74) is -0.297. The van der Waals surface area contributed by atoms with Gasteiger partial charge in [0.05, 0.1) is 36.2 Å². The van der Waals surface area contributed by atoms with Gasteiger partial charge in [-0.15, -0.1) is 0 Å². The number of fused-ring (bicyclic) bond motifs is 3. The lowest BCUT2D eigenvalue weighted by molar-refractivity contribution is -0.393. The lowest BCUT2D eigenvalue weighted by Gasteiger charge is -2.07. The van der Waals surface area contributed by atoms with E-state index in [0.717, 1.165) is 21.9 Å². The van der Waals surface area contributed by atoms with E-state index >= 15 is 0 Å².